The van der Waals surface area contributed by atoms with E-state index in [1.165, 1.54) is 18.2 Å². The number of benzene rings is 2. The van der Waals surface area contributed by atoms with Crippen LogP contribution in [0, 0.1) is 10.1 Å². The van der Waals surface area contributed by atoms with Crippen LogP contribution in [0.1, 0.15) is 15.9 Å². The molecule has 0 bridgehead atoms. The third kappa shape index (κ3) is 4.27. The van der Waals surface area contributed by atoms with Gasteiger partial charge in [-0.3, -0.25) is 14.9 Å². The molecule has 0 aromatic heterocycles. The van der Waals surface area contributed by atoms with Crippen LogP contribution in [0.2, 0.25) is 5.02 Å². The summed E-state index contributed by atoms with van der Waals surface area (Å²) in [5.41, 5.74) is 1.95. The molecule has 118 valence electrons. The van der Waals surface area contributed by atoms with Gasteiger partial charge in [-0.25, -0.2) is 5.43 Å². The van der Waals surface area contributed by atoms with E-state index in [0.29, 0.717) is 15.1 Å². The van der Waals surface area contributed by atoms with Gasteiger partial charge in [0.2, 0.25) is 0 Å². The zero-order chi connectivity index (χ0) is 17.0. The first-order valence-electron chi connectivity index (χ1n) is 6.12. The number of rotatable bonds is 4. The molecule has 0 saturated carbocycles. The van der Waals surface area contributed by atoms with Crippen molar-refractivity contribution in [3.8, 4) is 5.75 Å². The Morgan fingerprint density at radius 2 is 1.96 bits per heavy atom. The van der Waals surface area contributed by atoms with Crippen molar-refractivity contribution in [2.24, 2.45) is 5.10 Å². The highest BCUT2D eigenvalue weighted by molar-refractivity contribution is 9.10. The average Bonchev–Trinajstić information content (AvgIpc) is 2.50. The summed E-state index contributed by atoms with van der Waals surface area (Å²) in [6.45, 7) is 0. The Morgan fingerprint density at radius 1 is 1.30 bits per heavy atom. The Labute approximate surface area is 143 Å². The van der Waals surface area contributed by atoms with Gasteiger partial charge in [0.05, 0.1) is 11.1 Å². The Hall–Kier alpha value is -2.45. The average molecular weight is 398 g/mol. The van der Waals surface area contributed by atoms with Crippen LogP contribution in [0.5, 0.6) is 5.75 Å². The minimum absolute atomic E-state index is 0.0255. The van der Waals surface area contributed by atoms with Crippen molar-refractivity contribution in [3.63, 3.8) is 0 Å². The zero-order valence-corrected chi connectivity index (χ0v) is 13.7. The maximum absolute atomic E-state index is 11.9. The van der Waals surface area contributed by atoms with Gasteiger partial charge in [-0.15, -0.1) is 0 Å². The zero-order valence-electron chi connectivity index (χ0n) is 11.3. The van der Waals surface area contributed by atoms with Gasteiger partial charge in [-0.05, 0) is 41.6 Å². The minimum Gasteiger partial charge on any atom is -0.867 e. The van der Waals surface area contributed by atoms with E-state index in [1.807, 2.05) is 0 Å². The van der Waals surface area contributed by atoms with Crippen molar-refractivity contribution in [2.75, 3.05) is 0 Å². The molecule has 1 N–H and O–H groups in total. The monoisotopic (exact) mass is 396 g/mol. The third-order valence-corrected chi connectivity index (χ3v) is 3.45. The molecule has 0 unspecified atom stereocenters. The van der Waals surface area contributed by atoms with Crippen LogP contribution >= 0.6 is 27.5 Å². The summed E-state index contributed by atoms with van der Waals surface area (Å²) in [5, 5.41) is 26.8. The Kier molecular flexibility index (Phi) is 5.30. The number of hydrazone groups is 1. The summed E-state index contributed by atoms with van der Waals surface area (Å²) < 4.78 is 0.356. The van der Waals surface area contributed by atoms with E-state index >= 15 is 0 Å². The molecule has 0 aliphatic carbocycles. The maximum Gasteiger partial charge on any atom is 0.271 e. The number of nitro benzene ring substituents is 1. The number of nitro groups is 1. The van der Waals surface area contributed by atoms with Crippen LogP contribution < -0.4 is 10.5 Å². The Bertz CT molecular complexity index is 793. The van der Waals surface area contributed by atoms with Crippen molar-refractivity contribution >= 4 is 45.3 Å². The molecule has 0 heterocycles. The lowest BCUT2D eigenvalue weighted by Crippen LogP contribution is -2.17. The second-order valence-electron chi connectivity index (χ2n) is 4.31. The van der Waals surface area contributed by atoms with Crippen molar-refractivity contribution in [2.45, 2.75) is 0 Å². The number of amides is 1. The minimum atomic E-state index is -0.789. The molecule has 2 rings (SSSR count). The standard InChI is InChI=1S/C14H9BrClN3O4/c15-10-5-9(13(20)12(6-10)19(22)23)7-17-18-14(21)8-1-3-11(16)4-2-8/h1-7,20H,(H,18,21)/p-1/b17-7+. The smallest absolute Gasteiger partial charge is 0.271 e. The number of carbonyl (C=O) groups excluding carboxylic acids is 1. The van der Waals surface area contributed by atoms with Crippen molar-refractivity contribution in [3.05, 3.63) is 67.1 Å². The first-order chi connectivity index (χ1) is 10.9. The number of hydrogen-bond donors (Lipinski definition) is 1. The molecule has 2 aromatic carbocycles. The highest BCUT2D eigenvalue weighted by Gasteiger charge is 2.11. The first-order valence-corrected chi connectivity index (χ1v) is 7.29. The number of hydrogen-bond acceptors (Lipinski definition) is 5. The molecule has 0 aliphatic rings. The predicted octanol–water partition coefficient (Wildman–Crippen LogP) is 2.85. The summed E-state index contributed by atoms with van der Waals surface area (Å²) in [5.74, 6) is -1.29. The molecule has 0 atom stereocenters. The van der Waals surface area contributed by atoms with E-state index in [4.69, 9.17) is 11.6 Å². The normalized spacial score (nSPS) is 10.7. The number of nitrogens with one attached hydrogen (secondary N) is 1. The van der Waals surface area contributed by atoms with Crippen LogP contribution in [0.25, 0.3) is 0 Å². The lowest BCUT2D eigenvalue weighted by Gasteiger charge is -2.10. The first kappa shape index (κ1) is 16.9. The van der Waals surface area contributed by atoms with E-state index in [1.54, 1.807) is 12.1 Å². The number of nitrogens with zero attached hydrogens (tertiary/aromatic N) is 2. The molecule has 9 heteroatoms. The summed E-state index contributed by atoms with van der Waals surface area (Å²) in [7, 11) is 0. The maximum atomic E-state index is 11.9. The van der Waals surface area contributed by atoms with Crippen molar-refractivity contribution < 1.29 is 14.8 Å². The highest BCUT2D eigenvalue weighted by atomic mass is 79.9. The molecular formula is C14H8BrClN3O4-. The van der Waals surface area contributed by atoms with E-state index in [2.05, 4.69) is 26.5 Å². The molecule has 0 fully saturated rings. The van der Waals surface area contributed by atoms with Crippen LogP contribution in [-0.4, -0.2) is 17.0 Å². The summed E-state index contributed by atoms with van der Waals surface area (Å²) >= 11 is 8.79. The fourth-order valence-corrected chi connectivity index (χ4v) is 2.25. The molecular weight excluding hydrogens is 390 g/mol. The van der Waals surface area contributed by atoms with Gasteiger partial charge in [0, 0.05) is 21.1 Å². The topological polar surface area (TPSA) is 108 Å². The number of halogens is 2. The molecule has 0 aliphatic heterocycles. The van der Waals surface area contributed by atoms with Gasteiger partial charge in [-0.2, -0.15) is 5.10 Å². The van der Waals surface area contributed by atoms with Gasteiger partial charge in [0.15, 0.2) is 0 Å². The molecule has 1 amide bonds. The van der Waals surface area contributed by atoms with Crippen LogP contribution in [0.4, 0.5) is 5.69 Å². The van der Waals surface area contributed by atoms with Gasteiger partial charge in [-0.1, -0.05) is 27.5 Å². The van der Waals surface area contributed by atoms with Gasteiger partial charge >= 0.3 is 0 Å². The van der Waals surface area contributed by atoms with E-state index < -0.39 is 22.3 Å². The predicted molar refractivity (Wildman–Crippen MR) is 86.8 cm³/mol. The van der Waals surface area contributed by atoms with Crippen LogP contribution in [0.15, 0.2) is 46.0 Å². The fourth-order valence-electron chi connectivity index (χ4n) is 1.66. The van der Waals surface area contributed by atoms with E-state index in [-0.39, 0.29) is 5.56 Å². The lowest BCUT2D eigenvalue weighted by molar-refractivity contribution is -0.398. The Balaban J connectivity index is 2.16. The van der Waals surface area contributed by atoms with Crippen LogP contribution in [-0.2, 0) is 0 Å². The summed E-state index contributed by atoms with van der Waals surface area (Å²) in [4.78, 5) is 21.8. The third-order valence-electron chi connectivity index (χ3n) is 2.74. The quantitative estimate of drug-likeness (QED) is 0.486. The molecule has 23 heavy (non-hydrogen) atoms. The summed E-state index contributed by atoms with van der Waals surface area (Å²) in [6, 6.07) is 8.59. The Morgan fingerprint density at radius 3 is 2.57 bits per heavy atom. The lowest BCUT2D eigenvalue weighted by atomic mass is 10.2. The van der Waals surface area contributed by atoms with Gasteiger partial charge < -0.3 is 5.11 Å². The largest absolute Gasteiger partial charge is 0.867 e. The molecule has 0 saturated heterocycles. The van der Waals surface area contributed by atoms with Crippen molar-refractivity contribution in [1.29, 1.82) is 0 Å². The second kappa shape index (κ2) is 7.21. The molecule has 0 radical (unpaired) electrons. The van der Waals surface area contributed by atoms with Gasteiger partial charge in [0.1, 0.15) is 0 Å². The summed E-state index contributed by atoms with van der Waals surface area (Å²) in [6.07, 6.45) is 1.05. The highest BCUT2D eigenvalue weighted by Crippen LogP contribution is 2.30. The fraction of sp³-hybridized carbons (Fsp3) is 0. The van der Waals surface area contributed by atoms with E-state index in [9.17, 15) is 20.0 Å². The molecule has 7 nitrogen and oxygen atoms in total. The second-order valence-corrected chi connectivity index (χ2v) is 5.66. The number of carbonyl (C=O) groups is 1. The SMILES string of the molecule is O=C(N/N=C/c1cc(Br)cc([N+](=O)[O-])c1[O-])c1ccc(Cl)cc1. The molecule has 0 spiro atoms. The van der Waals surface area contributed by atoms with E-state index in [0.717, 1.165) is 12.3 Å². The van der Waals surface area contributed by atoms with Crippen LogP contribution in [0.3, 0.4) is 0 Å². The van der Waals surface area contributed by atoms with Gasteiger partial charge in [0.25, 0.3) is 11.6 Å². The van der Waals surface area contributed by atoms with Crippen molar-refractivity contribution in [1.82, 2.24) is 5.43 Å². The molecule has 2 aromatic rings.